The van der Waals surface area contributed by atoms with Crippen LogP contribution in [0.15, 0.2) is 42.6 Å². The van der Waals surface area contributed by atoms with Crippen LogP contribution >= 0.6 is 0 Å². The number of amides is 2. The minimum Gasteiger partial charge on any atom is -0.496 e. The van der Waals surface area contributed by atoms with E-state index >= 15 is 0 Å². The second-order valence-electron chi connectivity index (χ2n) is 8.19. The summed E-state index contributed by atoms with van der Waals surface area (Å²) in [4.78, 5) is 31.8. The van der Waals surface area contributed by atoms with E-state index in [9.17, 15) is 9.59 Å². The Morgan fingerprint density at radius 1 is 1.28 bits per heavy atom. The predicted molar refractivity (Wildman–Crippen MR) is 121 cm³/mol. The van der Waals surface area contributed by atoms with E-state index < -0.39 is 6.04 Å². The fraction of sp³-hybridized carbons (Fsp3) is 0.375. The molecule has 0 radical (unpaired) electrons. The number of nitrogens with one attached hydrogen (secondary N) is 2. The van der Waals surface area contributed by atoms with Gasteiger partial charge in [0, 0.05) is 31.5 Å². The zero-order valence-electron chi connectivity index (χ0n) is 18.7. The van der Waals surface area contributed by atoms with Crippen molar-refractivity contribution < 1.29 is 14.3 Å². The molecule has 3 aromatic rings. The van der Waals surface area contributed by atoms with E-state index in [1.807, 2.05) is 54.8 Å². The van der Waals surface area contributed by atoms with Gasteiger partial charge in [-0.3, -0.25) is 14.5 Å². The molecule has 2 aromatic heterocycles. The summed E-state index contributed by atoms with van der Waals surface area (Å²) in [6, 6.07) is 11.4. The molecule has 8 nitrogen and oxygen atoms in total. The second-order valence-corrected chi connectivity index (χ2v) is 8.19. The van der Waals surface area contributed by atoms with Gasteiger partial charge in [0.15, 0.2) is 0 Å². The van der Waals surface area contributed by atoms with Gasteiger partial charge in [-0.05, 0) is 43.2 Å². The first-order valence-corrected chi connectivity index (χ1v) is 10.8. The molecule has 1 aliphatic rings. The standard InChI is InChI=1S/C24H29N5O3/c1-16-11-18(7-8-21(16)32-3)14-28-10-9-25-24(31)20(28)12-23(30)26-13-19-15-29-17(2)5-4-6-22(29)27-19/h4-8,11,15,20H,9-10,12-14H2,1-3H3,(H,25,31)(H,26,30). The Balaban J connectivity index is 1.39. The molecule has 1 fully saturated rings. The van der Waals surface area contributed by atoms with Crippen molar-refractivity contribution in [2.75, 3.05) is 20.2 Å². The van der Waals surface area contributed by atoms with Gasteiger partial charge >= 0.3 is 0 Å². The molecule has 1 saturated heterocycles. The lowest BCUT2D eigenvalue weighted by Crippen LogP contribution is -2.56. The highest BCUT2D eigenvalue weighted by Gasteiger charge is 2.31. The van der Waals surface area contributed by atoms with E-state index in [1.54, 1.807) is 7.11 Å². The smallest absolute Gasteiger partial charge is 0.237 e. The van der Waals surface area contributed by atoms with Gasteiger partial charge < -0.3 is 19.8 Å². The number of pyridine rings is 1. The first-order valence-electron chi connectivity index (χ1n) is 10.8. The molecule has 1 unspecified atom stereocenters. The Bertz CT molecular complexity index is 1140. The van der Waals surface area contributed by atoms with E-state index in [-0.39, 0.29) is 18.2 Å². The maximum atomic E-state index is 12.7. The summed E-state index contributed by atoms with van der Waals surface area (Å²) in [5, 5.41) is 5.80. The van der Waals surface area contributed by atoms with Crippen LogP contribution in [-0.2, 0) is 22.7 Å². The molecule has 3 heterocycles. The van der Waals surface area contributed by atoms with Crippen molar-refractivity contribution in [1.29, 1.82) is 0 Å². The highest BCUT2D eigenvalue weighted by Crippen LogP contribution is 2.21. The number of fused-ring (bicyclic) bond motifs is 1. The number of carbonyl (C=O) groups excluding carboxylic acids is 2. The first-order chi connectivity index (χ1) is 15.4. The summed E-state index contributed by atoms with van der Waals surface area (Å²) in [6.07, 6.45) is 2.03. The number of aromatic nitrogens is 2. The Hall–Kier alpha value is -3.39. The molecule has 4 rings (SSSR count). The number of methoxy groups -OCH3 is 1. The highest BCUT2D eigenvalue weighted by molar-refractivity contribution is 5.88. The van der Waals surface area contributed by atoms with E-state index in [0.29, 0.717) is 26.2 Å². The summed E-state index contributed by atoms with van der Waals surface area (Å²) in [7, 11) is 1.65. The fourth-order valence-corrected chi connectivity index (χ4v) is 4.17. The number of nitrogens with zero attached hydrogens (tertiary/aromatic N) is 3. The molecule has 32 heavy (non-hydrogen) atoms. The molecule has 0 saturated carbocycles. The molecule has 0 aliphatic carbocycles. The minimum atomic E-state index is -0.505. The normalized spacial score (nSPS) is 16.7. The maximum absolute atomic E-state index is 12.7. The van der Waals surface area contributed by atoms with Gasteiger partial charge in [-0.15, -0.1) is 0 Å². The predicted octanol–water partition coefficient (Wildman–Crippen LogP) is 1.97. The average molecular weight is 436 g/mol. The minimum absolute atomic E-state index is 0.105. The summed E-state index contributed by atoms with van der Waals surface area (Å²) in [6.45, 7) is 6.20. The number of ether oxygens (including phenoxy) is 1. The topological polar surface area (TPSA) is 88.0 Å². The van der Waals surface area contributed by atoms with Gasteiger partial charge in [-0.1, -0.05) is 18.2 Å². The Morgan fingerprint density at radius 3 is 2.88 bits per heavy atom. The number of rotatable bonds is 7. The number of carbonyl (C=O) groups is 2. The molecular weight excluding hydrogens is 406 g/mol. The largest absolute Gasteiger partial charge is 0.496 e. The van der Waals surface area contributed by atoms with Crippen LogP contribution in [0.2, 0.25) is 0 Å². The molecule has 2 N–H and O–H groups in total. The zero-order chi connectivity index (χ0) is 22.7. The van der Waals surface area contributed by atoms with Crippen molar-refractivity contribution >= 4 is 17.5 Å². The molecule has 168 valence electrons. The lowest BCUT2D eigenvalue weighted by atomic mass is 10.1. The van der Waals surface area contributed by atoms with Crippen LogP contribution in [0.3, 0.4) is 0 Å². The van der Waals surface area contributed by atoms with Crippen LogP contribution < -0.4 is 15.4 Å². The van der Waals surface area contributed by atoms with Crippen LogP contribution in [0, 0.1) is 13.8 Å². The van der Waals surface area contributed by atoms with Crippen LogP contribution in [0.4, 0.5) is 0 Å². The Morgan fingerprint density at radius 2 is 2.12 bits per heavy atom. The van der Waals surface area contributed by atoms with E-state index in [4.69, 9.17) is 4.74 Å². The van der Waals surface area contributed by atoms with E-state index in [1.165, 1.54) is 0 Å². The Labute approximate surface area is 187 Å². The number of aryl methyl sites for hydroxylation is 2. The summed E-state index contributed by atoms with van der Waals surface area (Å²) in [5.41, 5.74) is 4.84. The first kappa shape index (κ1) is 21.8. The van der Waals surface area contributed by atoms with Crippen molar-refractivity contribution in [3.05, 3.63) is 65.1 Å². The molecule has 1 aromatic carbocycles. The van der Waals surface area contributed by atoms with Crippen molar-refractivity contribution in [2.24, 2.45) is 0 Å². The summed E-state index contributed by atoms with van der Waals surface area (Å²) < 4.78 is 7.33. The molecule has 0 bridgehead atoms. The number of hydrogen-bond donors (Lipinski definition) is 2. The summed E-state index contributed by atoms with van der Waals surface area (Å²) in [5.74, 6) is 0.555. The van der Waals surface area contributed by atoms with Crippen molar-refractivity contribution in [3.8, 4) is 5.75 Å². The second kappa shape index (κ2) is 9.40. The van der Waals surface area contributed by atoms with Crippen molar-refractivity contribution in [1.82, 2.24) is 24.9 Å². The number of hydrogen-bond acceptors (Lipinski definition) is 5. The number of piperazine rings is 1. The third kappa shape index (κ3) is 4.75. The maximum Gasteiger partial charge on any atom is 0.237 e. The SMILES string of the molecule is COc1ccc(CN2CCNC(=O)C2CC(=O)NCc2cn3c(C)cccc3n2)cc1C. The van der Waals surface area contributed by atoms with Crippen LogP contribution in [0.25, 0.3) is 5.65 Å². The van der Waals surface area contributed by atoms with Crippen molar-refractivity contribution in [3.63, 3.8) is 0 Å². The highest BCUT2D eigenvalue weighted by atomic mass is 16.5. The number of imidazole rings is 1. The lowest BCUT2D eigenvalue weighted by molar-refractivity contribution is -0.134. The van der Waals surface area contributed by atoms with Gasteiger partial charge in [0.05, 0.1) is 31.8 Å². The zero-order valence-corrected chi connectivity index (χ0v) is 18.7. The van der Waals surface area contributed by atoms with Gasteiger partial charge in [0.2, 0.25) is 11.8 Å². The fourth-order valence-electron chi connectivity index (χ4n) is 4.17. The van der Waals surface area contributed by atoms with Crippen molar-refractivity contribution in [2.45, 2.75) is 39.4 Å². The molecule has 0 spiro atoms. The van der Waals surface area contributed by atoms with Crippen LogP contribution in [0.5, 0.6) is 5.75 Å². The average Bonchev–Trinajstić information content (AvgIpc) is 3.19. The van der Waals surface area contributed by atoms with Gasteiger partial charge in [0.1, 0.15) is 11.4 Å². The molecule has 1 atom stereocenters. The van der Waals surface area contributed by atoms with Crippen LogP contribution in [-0.4, -0.2) is 52.3 Å². The quantitative estimate of drug-likeness (QED) is 0.593. The van der Waals surface area contributed by atoms with Gasteiger partial charge in [0.25, 0.3) is 0 Å². The monoisotopic (exact) mass is 435 g/mol. The third-order valence-corrected chi connectivity index (χ3v) is 5.88. The number of benzene rings is 1. The van der Waals surface area contributed by atoms with Crippen LogP contribution in [0.1, 0.15) is 28.9 Å². The Kier molecular flexibility index (Phi) is 6.41. The molecule has 2 amide bonds. The molecule has 8 heteroatoms. The summed E-state index contributed by atoms with van der Waals surface area (Å²) >= 11 is 0. The van der Waals surface area contributed by atoms with E-state index in [2.05, 4.69) is 26.6 Å². The van der Waals surface area contributed by atoms with Gasteiger partial charge in [-0.2, -0.15) is 0 Å². The third-order valence-electron chi connectivity index (χ3n) is 5.88. The lowest BCUT2D eigenvalue weighted by Gasteiger charge is -2.34. The van der Waals surface area contributed by atoms with Gasteiger partial charge in [-0.25, -0.2) is 4.98 Å². The molecular formula is C24H29N5O3. The van der Waals surface area contributed by atoms with E-state index in [0.717, 1.165) is 33.9 Å². The molecule has 1 aliphatic heterocycles.